The number of hydrogen-bond acceptors (Lipinski definition) is 1. The summed E-state index contributed by atoms with van der Waals surface area (Å²) in [5.74, 6) is 0.945. The van der Waals surface area contributed by atoms with E-state index in [9.17, 15) is 4.21 Å². The van der Waals surface area contributed by atoms with E-state index < -0.39 is 10.8 Å². The normalized spacial score (nSPS) is 22.4. The highest BCUT2D eigenvalue weighted by Gasteiger charge is 2.15. The van der Waals surface area contributed by atoms with Crippen molar-refractivity contribution >= 4 is 10.8 Å². The first-order valence-electron chi connectivity index (χ1n) is 7.86. The van der Waals surface area contributed by atoms with E-state index >= 15 is 0 Å². The predicted octanol–water partition coefficient (Wildman–Crippen LogP) is 4.98. The van der Waals surface area contributed by atoms with Crippen LogP contribution < -0.4 is 0 Å². The second kappa shape index (κ2) is 10.8. The zero-order valence-corrected chi connectivity index (χ0v) is 12.9. The Morgan fingerprint density at radius 3 is 2.56 bits per heavy atom. The van der Waals surface area contributed by atoms with Gasteiger partial charge in [0.2, 0.25) is 0 Å². The van der Waals surface area contributed by atoms with Crippen molar-refractivity contribution in [1.82, 2.24) is 0 Å². The molecule has 2 heteroatoms. The summed E-state index contributed by atoms with van der Waals surface area (Å²) in [7, 11) is -0.566. The molecule has 0 aromatic carbocycles. The van der Waals surface area contributed by atoms with Crippen LogP contribution in [0.1, 0.15) is 77.6 Å². The molecule has 0 bridgehead atoms. The van der Waals surface area contributed by atoms with Crippen LogP contribution in [-0.2, 0) is 10.8 Å². The maximum Gasteiger partial charge on any atom is 0.0351 e. The fourth-order valence-corrected chi connectivity index (χ4v) is 4.23. The van der Waals surface area contributed by atoms with Crippen LogP contribution in [0, 0.1) is 0 Å². The summed E-state index contributed by atoms with van der Waals surface area (Å²) in [6.07, 6.45) is 18.2. The lowest BCUT2D eigenvalue weighted by Gasteiger charge is -2.17. The predicted molar refractivity (Wildman–Crippen MR) is 82.4 cm³/mol. The molecule has 0 aliphatic heterocycles. The van der Waals surface area contributed by atoms with Gasteiger partial charge in [-0.2, -0.15) is 0 Å². The Morgan fingerprint density at radius 1 is 1.00 bits per heavy atom. The van der Waals surface area contributed by atoms with Gasteiger partial charge in [-0.3, -0.25) is 4.21 Å². The van der Waals surface area contributed by atoms with E-state index in [1.54, 1.807) is 0 Å². The molecule has 0 N–H and O–H groups in total. The molecule has 0 saturated heterocycles. The first-order valence-corrected chi connectivity index (χ1v) is 9.25. The third kappa shape index (κ3) is 7.35. The van der Waals surface area contributed by atoms with Gasteiger partial charge in [0.15, 0.2) is 0 Å². The molecular formula is C16H30OS. The van der Waals surface area contributed by atoms with E-state index in [4.69, 9.17) is 0 Å². The highest BCUT2D eigenvalue weighted by atomic mass is 32.2. The third-order valence-corrected chi connectivity index (χ3v) is 5.70. The minimum absolute atomic E-state index is 0.477. The topological polar surface area (TPSA) is 17.1 Å². The largest absolute Gasteiger partial charge is 0.259 e. The molecule has 106 valence electrons. The van der Waals surface area contributed by atoms with E-state index in [0.717, 1.165) is 18.6 Å². The van der Waals surface area contributed by atoms with E-state index in [0.29, 0.717) is 5.25 Å². The highest BCUT2D eigenvalue weighted by molar-refractivity contribution is 7.85. The lowest BCUT2D eigenvalue weighted by atomic mass is 10.1. The summed E-state index contributed by atoms with van der Waals surface area (Å²) in [4.78, 5) is 0. The van der Waals surface area contributed by atoms with E-state index in [2.05, 4.69) is 19.1 Å². The van der Waals surface area contributed by atoms with Crippen molar-refractivity contribution in [1.29, 1.82) is 0 Å². The maximum absolute atomic E-state index is 12.2. The van der Waals surface area contributed by atoms with Crippen molar-refractivity contribution in [3.8, 4) is 0 Å². The van der Waals surface area contributed by atoms with Gasteiger partial charge in [0.25, 0.3) is 0 Å². The minimum Gasteiger partial charge on any atom is -0.259 e. The molecule has 0 heterocycles. The van der Waals surface area contributed by atoms with Gasteiger partial charge in [-0.15, -0.1) is 0 Å². The Bertz CT molecular complexity index is 247. The second-order valence-corrected chi connectivity index (χ2v) is 7.29. The second-order valence-electron chi connectivity index (χ2n) is 5.45. The summed E-state index contributed by atoms with van der Waals surface area (Å²) in [5.41, 5.74) is 0. The molecule has 1 aliphatic carbocycles. The molecule has 0 fully saturated rings. The van der Waals surface area contributed by atoms with Gasteiger partial charge in [0.05, 0.1) is 0 Å². The number of rotatable bonds is 8. The van der Waals surface area contributed by atoms with Gasteiger partial charge in [0.1, 0.15) is 0 Å². The van der Waals surface area contributed by atoms with Gasteiger partial charge in [-0.1, -0.05) is 51.2 Å². The number of unbranched alkanes of at least 4 members (excludes halogenated alkanes) is 5. The first kappa shape index (κ1) is 15.9. The van der Waals surface area contributed by atoms with Crippen LogP contribution in [-0.4, -0.2) is 15.2 Å². The van der Waals surface area contributed by atoms with Crippen LogP contribution in [0.2, 0.25) is 0 Å². The Kier molecular flexibility index (Phi) is 9.55. The van der Waals surface area contributed by atoms with Crippen LogP contribution in [0.5, 0.6) is 0 Å². The van der Waals surface area contributed by atoms with Crippen LogP contribution in [0.15, 0.2) is 12.2 Å². The van der Waals surface area contributed by atoms with Gasteiger partial charge in [-0.05, 0) is 38.5 Å². The molecule has 1 aliphatic rings. The molecule has 0 saturated carbocycles. The number of allylic oxidation sites excluding steroid dienone is 2. The van der Waals surface area contributed by atoms with Gasteiger partial charge in [-0.25, -0.2) is 0 Å². The average molecular weight is 270 g/mol. The van der Waals surface area contributed by atoms with E-state index in [1.807, 2.05) is 0 Å². The molecule has 1 rings (SSSR count). The SMILES string of the molecule is CCCCCCCCS(=O)C1CCC=CCCC1. The number of hydrogen-bond donors (Lipinski definition) is 0. The summed E-state index contributed by atoms with van der Waals surface area (Å²) < 4.78 is 12.2. The Hall–Kier alpha value is -0.110. The average Bonchev–Trinajstić information content (AvgIpc) is 2.33. The Labute approximate surface area is 116 Å². The fraction of sp³-hybridized carbons (Fsp3) is 0.875. The molecule has 0 aromatic heterocycles. The van der Waals surface area contributed by atoms with Crippen molar-refractivity contribution in [2.75, 3.05) is 5.75 Å². The van der Waals surface area contributed by atoms with Gasteiger partial charge >= 0.3 is 0 Å². The Balaban J connectivity index is 2.09. The first-order chi connectivity index (χ1) is 8.84. The van der Waals surface area contributed by atoms with Gasteiger partial charge in [0, 0.05) is 21.8 Å². The quantitative estimate of drug-likeness (QED) is 0.449. The van der Waals surface area contributed by atoms with E-state index in [1.165, 1.54) is 57.8 Å². The summed E-state index contributed by atoms with van der Waals surface area (Å²) in [6, 6.07) is 0. The molecule has 18 heavy (non-hydrogen) atoms. The summed E-state index contributed by atoms with van der Waals surface area (Å²) >= 11 is 0. The van der Waals surface area contributed by atoms with Crippen molar-refractivity contribution in [3.05, 3.63) is 12.2 Å². The molecule has 2 unspecified atom stereocenters. The zero-order valence-electron chi connectivity index (χ0n) is 12.0. The Morgan fingerprint density at radius 2 is 1.72 bits per heavy atom. The molecule has 2 atom stereocenters. The molecule has 1 nitrogen and oxygen atoms in total. The van der Waals surface area contributed by atoms with Crippen LogP contribution in [0.4, 0.5) is 0 Å². The van der Waals surface area contributed by atoms with Crippen molar-refractivity contribution in [2.24, 2.45) is 0 Å². The van der Waals surface area contributed by atoms with E-state index in [-0.39, 0.29) is 0 Å². The van der Waals surface area contributed by atoms with Crippen molar-refractivity contribution in [3.63, 3.8) is 0 Å². The lowest BCUT2D eigenvalue weighted by Crippen LogP contribution is -2.18. The zero-order chi connectivity index (χ0) is 13.1. The summed E-state index contributed by atoms with van der Waals surface area (Å²) in [6.45, 7) is 2.25. The molecule has 0 amide bonds. The summed E-state index contributed by atoms with van der Waals surface area (Å²) in [5, 5.41) is 0.477. The van der Waals surface area contributed by atoms with Gasteiger partial charge < -0.3 is 0 Å². The maximum atomic E-state index is 12.2. The van der Waals surface area contributed by atoms with Crippen LogP contribution >= 0.6 is 0 Å². The monoisotopic (exact) mass is 270 g/mol. The molecule has 0 aromatic rings. The van der Waals surface area contributed by atoms with Crippen molar-refractivity contribution < 1.29 is 4.21 Å². The lowest BCUT2D eigenvalue weighted by molar-refractivity contribution is 0.601. The van der Waals surface area contributed by atoms with Crippen LogP contribution in [0.3, 0.4) is 0 Å². The molecule has 0 radical (unpaired) electrons. The molecule has 0 spiro atoms. The highest BCUT2D eigenvalue weighted by Crippen LogP contribution is 2.18. The minimum atomic E-state index is -0.566. The van der Waals surface area contributed by atoms with Crippen molar-refractivity contribution in [2.45, 2.75) is 82.8 Å². The van der Waals surface area contributed by atoms with Crippen LogP contribution in [0.25, 0.3) is 0 Å². The third-order valence-electron chi connectivity index (χ3n) is 3.79. The molecular weight excluding hydrogens is 240 g/mol. The fourth-order valence-electron chi connectivity index (χ4n) is 2.58. The standard InChI is InChI=1S/C16H30OS/c1-2-3-4-5-9-12-15-18(17)16-13-10-7-6-8-11-14-16/h6-7,16H,2-5,8-15H2,1H3. The smallest absolute Gasteiger partial charge is 0.0351 e.